The molecule has 1 heterocycles. The second-order valence-corrected chi connectivity index (χ2v) is 7.31. The fourth-order valence-corrected chi connectivity index (χ4v) is 3.50. The normalized spacial score (nSPS) is 10.9. The highest BCUT2D eigenvalue weighted by Gasteiger charge is 2.14. The molecule has 0 atom stereocenters. The highest BCUT2D eigenvalue weighted by atomic mass is 32.2. The predicted molar refractivity (Wildman–Crippen MR) is 110 cm³/mol. The highest BCUT2D eigenvalue weighted by molar-refractivity contribution is 7.97. The summed E-state index contributed by atoms with van der Waals surface area (Å²) in [5.74, 6) is -0.235. The van der Waals surface area contributed by atoms with E-state index in [-0.39, 0.29) is 11.3 Å². The largest absolute Gasteiger partial charge is 0.454 e. The molecule has 146 valence electrons. The monoisotopic (exact) mass is 401 g/mol. The molecule has 1 aromatic heterocycles. The Morgan fingerprint density at radius 3 is 2.50 bits per heavy atom. The molecule has 0 fully saturated rings. The summed E-state index contributed by atoms with van der Waals surface area (Å²) >= 11 is 1.69. The van der Waals surface area contributed by atoms with Crippen LogP contribution in [0.5, 0.6) is 11.5 Å². The van der Waals surface area contributed by atoms with Gasteiger partial charge < -0.3 is 9.30 Å². The number of hydrogen-bond acceptors (Lipinski definition) is 3. The van der Waals surface area contributed by atoms with Crippen LogP contribution in [0.4, 0.5) is 8.78 Å². The predicted octanol–water partition coefficient (Wildman–Crippen LogP) is 5.78. The third-order valence-corrected chi connectivity index (χ3v) is 5.01. The summed E-state index contributed by atoms with van der Waals surface area (Å²) in [6, 6.07) is 10.7. The van der Waals surface area contributed by atoms with E-state index in [1.165, 1.54) is 6.07 Å². The molecule has 0 radical (unpaired) electrons. The lowest BCUT2D eigenvalue weighted by Gasteiger charge is -2.15. The van der Waals surface area contributed by atoms with E-state index in [9.17, 15) is 13.6 Å². The van der Waals surface area contributed by atoms with Crippen LogP contribution in [0.3, 0.4) is 0 Å². The van der Waals surface area contributed by atoms with Gasteiger partial charge in [0.15, 0.2) is 11.6 Å². The third kappa shape index (κ3) is 4.28. The maximum absolute atomic E-state index is 14.1. The lowest BCUT2D eigenvalue weighted by molar-refractivity contribution is 0.439. The third-order valence-electron chi connectivity index (χ3n) is 4.39. The maximum Gasteiger partial charge on any atom is 0.253 e. The summed E-state index contributed by atoms with van der Waals surface area (Å²) in [4.78, 5) is 12.2. The Morgan fingerprint density at radius 2 is 1.82 bits per heavy atom. The molecule has 0 aliphatic heterocycles. The van der Waals surface area contributed by atoms with Gasteiger partial charge in [-0.15, -0.1) is 0 Å². The Labute approximate surface area is 167 Å². The molecule has 2 aromatic carbocycles. The van der Waals surface area contributed by atoms with Crippen LogP contribution >= 0.6 is 11.8 Å². The van der Waals surface area contributed by atoms with Crippen molar-refractivity contribution in [2.24, 2.45) is 0 Å². The van der Waals surface area contributed by atoms with E-state index < -0.39 is 11.6 Å². The Kier molecular flexibility index (Phi) is 6.19. The topological polar surface area (TPSA) is 31.2 Å². The van der Waals surface area contributed by atoms with Crippen molar-refractivity contribution in [1.82, 2.24) is 4.57 Å². The summed E-state index contributed by atoms with van der Waals surface area (Å²) in [6.07, 6.45) is 3.79. The molecule has 3 nitrogen and oxygen atoms in total. The van der Waals surface area contributed by atoms with Gasteiger partial charge in [0, 0.05) is 41.3 Å². The minimum absolute atomic E-state index is 0.0430. The molecule has 0 unspecified atom stereocenters. The number of aromatic nitrogens is 1. The van der Waals surface area contributed by atoms with Crippen molar-refractivity contribution in [3.05, 3.63) is 81.8 Å². The highest BCUT2D eigenvalue weighted by Crippen LogP contribution is 2.36. The number of ether oxygens (including phenoxy) is 1. The first-order valence-corrected chi connectivity index (χ1v) is 10.3. The van der Waals surface area contributed by atoms with Crippen molar-refractivity contribution >= 4 is 11.8 Å². The summed E-state index contributed by atoms with van der Waals surface area (Å²) in [5, 5.41) is 0. The van der Waals surface area contributed by atoms with E-state index in [0.717, 1.165) is 34.6 Å². The van der Waals surface area contributed by atoms with Gasteiger partial charge in [0.1, 0.15) is 11.6 Å². The van der Waals surface area contributed by atoms with Crippen molar-refractivity contribution < 1.29 is 13.5 Å². The SMILES string of the molecule is CCn1cc(-c2cc(CSC)ccc2Oc2ccc(F)cc2F)cc(C)c1=O. The Morgan fingerprint density at radius 1 is 1.07 bits per heavy atom. The van der Waals surface area contributed by atoms with Crippen molar-refractivity contribution in [2.45, 2.75) is 26.1 Å². The molecular formula is C22H21F2NO2S. The molecule has 0 aliphatic carbocycles. The lowest BCUT2D eigenvalue weighted by Crippen LogP contribution is -2.20. The molecule has 0 amide bonds. The zero-order valence-electron chi connectivity index (χ0n) is 16.0. The molecule has 0 bridgehead atoms. The fraction of sp³-hybridized carbons (Fsp3) is 0.227. The summed E-state index contributed by atoms with van der Waals surface area (Å²) < 4.78 is 34.7. The molecule has 28 heavy (non-hydrogen) atoms. The number of pyridine rings is 1. The first-order chi connectivity index (χ1) is 13.4. The Hall–Kier alpha value is -2.60. The van der Waals surface area contributed by atoms with Crippen LogP contribution in [0.15, 0.2) is 53.5 Å². The van der Waals surface area contributed by atoms with Crippen LogP contribution in [0, 0.1) is 18.6 Å². The molecule has 3 aromatic rings. The number of halogens is 2. The molecule has 0 saturated carbocycles. The van der Waals surface area contributed by atoms with Gasteiger partial charge in [0.05, 0.1) is 0 Å². The Balaban J connectivity index is 2.14. The number of aryl methyl sites for hydroxylation is 2. The average Bonchev–Trinajstić information content (AvgIpc) is 2.67. The smallest absolute Gasteiger partial charge is 0.253 e. The van der Waals surface area contributed by atoms with E-state index in [0.29, 0.717) is 17.9 Å². The molecule has 0 aliphatic rings. The van der Waals surface area contributed by atoms with Crippen LogP contribution in [0.2, 0.25) is 0 Å². The first-order valence-electron chi connectivity index (χ1n) is 8.89. The van der Waals surface area contributed by atoms with E-state index in [1.807, 2.05) is 25.3 Å². The molecule has 0 spiro atoms. The molecule has 0 saturated heterocycles. The van der Waals surface area contributed by atoms with Crippen LogP contribution in [0.25, 0.3) is 11.1 Å². The van der Waals surface area contributed by atoms with Gasteiger partial charge >= 0.3 is 0 Å². The van der Waals surface area contributed by atoms with Crippen molar-refractivity contribution in [2.75, 3.05) is 6.26 Å². The minimum atomic E-state index is -0.770. The van der Waals surface area contributed by atoms with Crippen molar-refractivity contribution in [1.29, 1.82) is 0 Å². The minimum Gasteiger partial charge on any atom is -0.454 e. The van der Waals surface area contributed by atoms with Crippen molar-refractivity contribution in [3.63, 3.8) is 0 Å². The van der Waals surface area contributed by atoms with E-state index in [2.05, 4.69) is 0 Å². The first kappa shape index (κ1) is 20.1. The van der Waals surface area contributed by atoms with Crippen LogP contribution in [-0.2, 0) is 12.3 Å². The quantitative estimate of drug-likeness (QED) is 0.525. The maximum atomic E-state index is 14.1. The van der Waals surface area contributed by atoms with Gasteiger partial charge in [-0.05, 0) is 56.0 Å². The van der Waals surface area contributed by atoms with Crippen molar-refractivity contribution in [3.8, 4) is 22.6 Å². The molecule has 3 rings (SSSR count). The molecule has 0 N–H and O–H groups in total. The number of hydrogen-bond donors (Lipinski definition) is 0. The Bertz CT molecular complexity index is 1060. The lowest BCUT2D eigenvalue weighted by atomic mass is 10.0. The molecular weight excluding hydrogens is 380 g/mol. The van der Waals surface area contributed by atoms with Gasteiger partial charge in [-0.2, -0.15) is 11.8 Å². The second kappa shape index (κ2) is 8.61. The van der Waals surface area contributed by atoms with Gasteiger partial charge in [0.25, 0.3) is 5.56 Å². The van der Waals surface area contributed by atoms with E-state index >= 15 is 0 Å². The van der Waals surface area contributed by atoms with Gasteiger partial charge in [-0.1, -0.05) is 6.07 Å². The van der Waals surface area contributed by atoms with Gasteiger partial charge in [-0.25, -0.2) is 8.78 Å². The standard InChI is InChI=1S/C22H21F2NO2S/c1-4-25-12-16(9-14(2)22(25)26)18-10-15(13-28-3)5-7-20(18)27-21-8-6-17(23)11-19(21)24/h5-12H,4,13H2,1-3H3. The number of thioether (sulfide) groups is 1. The van der Waals surface area contributed by atoms with Crippen LogP contribution in [-0.4, -0.2) is 10.8 Å². The number of nitrogens with zero attached hydrogens (tertiary/aromatic N) is 1. The van der Waals surface area contributed by atoms with Gasteiger partial charge in [-0.3, -0.25) is 4.79 Å². The van der Waals surface area contributed by atoms with Gasteiger partial charge in [0.2, 0.25) is 0 Å². The van der Waals surface area contributed by atoms with Crippen LogP contribution < -0.4 is 10.3 Å². The zero-order chi connectivity index (χ0) is 20.3. The average molecular weight is 401 g/mol. The zero-order valence-corrected chi connectivity index (χ0v) is 16.8. The summed E-state index contributed by atoms with van der Waals surface area (Å²) in [5.41, 5.74) is 3.22. The summed E-state index contributed by atoms with van der Waals surface area (Å²) in [7, 11) is 0. The van der Waals surface area contributed by atoms with Crippen LogP contribution in [0.1, 0.15) is 18.1 Å². The summed E-state index contributed by atoms with van der Waals surface area (Å²) in [6.45, 7) is 4.21. The fourth-order valence-electron chi connectivity index (χ4n) is 2.99. The second-order valence-electron chi connectivity index (χ2n) is 6.44. The number of benzene rings is 2. The van der Waals surface area contributed by atoms with E-state index in [1.54, 1.807) is 41.6 Å². The van der Waals surface area contributed by atoms with E-state index in [4.69, 9.17) is 4.74 Å². The molecule has 6 heteroatoms. The number of rotatable bonds is 6.